The highest BCUT2D eigenvalue weighted by Crippen LogP contribution is 2.10. The van der Waals surface area contributed by atoms with Crippen LogP contribution in [0.2, 0.25) is 0 Å². The predicted octanol–water partition coefficient (Wildman–Crippen LogP) is 3.56. The van der Waals surface area contributed by atoms with Gasteiger partial charge in [-0.25, -0.2) is 8.42 Å². The Morgan fingerprint density at radius 2 is 1.89 bits per heavy atom. The van der Waals surface area contributed by atoms with Crippen molar-refractivity contribution in [2.75, 3.05) is 0 Å². The molecule has 0 atom stereocenters. The van der Waals surface area contributed by atoms with Crippen LogP contribution in [-0.2, 0) is 9.84 Å². The predicted molar refractivity (Wildman–Crippen MR) is 74.7 cm³/mol. The molecule has 3 heteroatoms. The molecule has 2 nitrogen and oxygen atoms in total. The van der Waals surface area contributed by atoms with Crippen molar-refractivity contribution >= 4 is 9.84 Å². The zero-order valence-corrected chi connectivity index (χ0v) is 11.4. The van der Waals surface area contributed by atoms with Crippen LogP contribution in [0.4, 0.5) is 0 Å². The van der Waals surface area contributed by atoms with E-state index < -0.39 is 9.84 Å². The van der Waals surface area contributed by atoms with Gasteiger partial charge < -0.3 is 0 Å². The van der Waals surface area contributed by atoms with Crippen LogP contribution >= 0.6 is 0 Å². The second-order valence-corrected chi connectivity index (χ2v) is 5.77. The highest BCUT2D eigenvalue weighted by atomic mass is 32.2. The third-order valence-electron chi connectivity index (χ3n) is 2.41. The lowest BCUT2D eigenvalue weighted by molar-refractivity contribution is 0.604. The van der Waals surface area contributed by atoms with Crippen LogP contribution in [0, 0.1) is 11.8 Å². The number of sulfone groups is 1. The quantitative estimate of drug-likeness (QED) is 0.600. The van der Waals surface area contributed by atoms with Gasteiger partial charge in [0, 0.05) is 11.8 Å². The molecule has 18 heavy (non-hydrogen) atoms. The van der Waals surface area contributed by atoms with Crippen molar-refractivity contribution < 1.29 is 8.42 Å². The minimum Gasteiger partial charge on any atom is -0.219 e. The number of allylic oxidation sites excluding steroid dienone is 1. The molecule has 1 aromatic rings. The van der Waals surface area contributed by atoms with E-state index >= 15 is 0 Å². The zero-order chi connectivity index (χ0) is 13.3. The molecule has 0 amide bonds. The second kappa shape index (κ2) is 7.73. The molecule has 0 heterocycles. The van der Waals surface area contributed by atoms with E-state index in [-0.39, 0.29) is 0 Å². The lowest BCUT2D eigenvalue weighted by Crippen LogP contribution is -1.94. The van der Waals surface area contributed by atoms with Gasteiger partial charge in [0.25, 0.3) is 0 Å². The fraction of sp³-hybridized carbons (Fsp3) is 0.333. The first-order chi connectivity index (χ1) is 8.67. The molecule has 1 aromatic carbocycles. The van der Waals surface area contributed by atoms with Crippen molar-refractivity contribution in [3.05, 3.63) is 41.8 Å². The van der Waals surface area contributed by atoms with Gasteiger partial charge in [-0.1, -0.05) is 49.8 Å². The average molecular weight is 262 g/mol. The van der Waals surface area contributed by atoms with Crippen LogP contribution in [-0.4, -0.2) is 8.42 Å². The van der Waals surface area contributed by atoms with Gasteiger partial charge >= 0.3 is 0 Å². The fourth-order valence-electron chi connectivity index (χ4n) is 1.41. The molecule has 0 aliphatic heterocycles. The molecule has 0 fully saturated rings. The SMILES string of the molecule is CCCCCC#CC=CS(=O)(=O)c1ccccc1. The first kappa shape index (κ1) is 14.5. The minimum absolute atomic E-state index is 0.300. The molecule has 0 saturated carbocycles. The van der Waals surface area contributed by atoms with E-state index in [2.05, 4.69) is 18.8 Å². The average Bonchev–Trinajstić information content (AvgIpc) is 2.39. The molecule has 1 rings (SSSR count). The highest BCUT2D eigenvalue weighted by molar-refractivity contribution is 7.94. The van der Waals surface area contributed by atoms with Crippen LogP contribution in [0.25, 0.3) is 0 Å². The Hall–Kier alpha value is -1.53. The molecule has 96 valence electrons. The Morgan fingerprint density at radius 1 is 1.17 bits per heavy atom. The molecule has 0 saturated heterocycles. The van der Waals surface area contributed by atoms with E-state index in [4.69, 9.17) is 0 Å². The van der Waals surface area contributed by atoms with Crippen molar-refractivity contribution in [3.8, 4) is 11.8 Å². The summed E-state index contributed by atoms with van der Waals surface area (Å²) in [5.74, 6) is 5.70. The van der Waals surface area contributed by atoms with Crippen molar-refractivity contribution in [1.82, 2.24) is 0 Å². The van der Waals surface area contributed by atoms with Gasteiger partial charge in [-0.2, -0.15) is 0 Å². The van der Waals surface area contributed by atoms with Gasteiger partial charge in [0.2, 0.25) is 0 Å². The van der Waals surface area contributed by atoms with Crippen molar-refractivity contribution in [2.45, 2.75) is 37.5 Å². The minimum atomic E-state index is -3.34. The lowest BCUT2D eigenvalue weighted by Gasteiger charge is -1.95. The van der Waals surface area contributed by atoms with Gasteiger partial charge in [-0.3, -0.25) is 0 Å². The van der Waals surface area contributed by atoms with Gasteiger partial charge in [0.1, 0.15) is 0 Å². The smallest absolute Gasteiger partial charge is 0.200 e. The van der Waals surface area contributed by atoms with Crippen molar-refractivity contribution in [1.29, 1.82) is 0 Å². The van der Waals surface area contributed by atoms with E-state index in [0.717, 1.165) is 18.2 Å². The summed E-state index contributed by atoms with van der Waals surface area (Å²) in [5.41, 5.74) is 0. The number of unbranched alkanes of at least 4 members (excludes halogenated alkanes) is 3. The summed E-state index contributed by atoms with van der Waals surface area (Å²) in [4.78, 5) is 0.300. The fourth-order valence-corrected chi connectivity index (χ4v) is 2.35. The third-order valence-corrected chi connectivity index (χ3v) is 3.83. The summed E-state index contributed by atoms with van der Waals surface area (Å²) in [6, 6.07) is 8.35. The molecular formula is C15H18O2S. The molecular weight excluding hydrogens is 244 g/mol. The van der Waals surface area contributed by atoms with E-state index in [9.17, 15) is 8.42 Å². The first-order valence-electron chi connectivity index (χ1n) is 6.12. The molecule has 0 radical (unpaired) electrons. The van der Waals surface area contributed by atoms with Gasteiger partial charge in [-0.05, 0) is 24.6 Å². The van der Waals surface area contributed by atoms with E-state index in [1.807, 2.05) is 0 Å². The Balaban J connectivity index is 2.56. The number of hydrogen-bond acceptors (Lipinski definition) is 2. The largest absolute Gasteiger partial charge is 0.219 e. The molecule has 0 spiro atoms. The second-order valence-electron chi connectivity index (χ2n) is 3.94. The molecule has 0 aliphatic rings. The van der Waals surface area contributed by atoms with Crippen LogP contribution < -0.4 is 0 Å². The summed E-state index contributed by atoms with van der Waals surface area (Å²) < 4.78 is 23.6. The summed E-state index contributed by atoms with van der Waals surface area (Å²) in [7, 11) is -3.34. The van der Waals surface area contributed by atoms with Crippen molar-refractivity contribution in [3.63, 3.8) is 0 Å². The highest BCUT2D eigenvalue weighted by Gasteiger charge is 2.07. The Bertz CT molecular complexity index is 531. The molecule has 0 unspecified atom stereocenters. The molecule has 0 bridgehead atoms. The van der Waals surface area contributed by atoms with Crippen LogP contribution in [0.1, 0.15) is 32.6 Å². The zero-order valence-electron chi connectivity index (χ0n) is 10.6. The van der Waals surface area contributed by atoms with Crippen LogP contribution in [0.5, 0.6) is 0 Å². The summed E-state index contributed by atoms with van der Waals surface area (Å²) in [6.07, 6.45) is 5.64. The Morgan fingerprint density at radius 3 is 2.56 bits per heavy atom. The standard InChI is InChI=1S/C15H18O2S/c1-2-3-4-5-6-7-11-14-18(16,17)15-12-9-8-10-13-15/h8-14H,2-5H2,1H3. The van der Waals surface area contributed by atoms with Crippen LogP contribution in [0.3, 0.4) is 0 Å². The maximum atomic E-state index is 11.8. The van der Waals surface area contributed by atoms with E-state index in [0.29, 0.717) is 4.90 Å². The van der Waals surface area contributed by atoms with E-state index in [1.54, 1.807) is 30.3 Å². The molecule has 0 N–H and O–H groups in total. The van der Waals surface area contributed by atoms with Gasteiger partial charge in [0.15, 0.2) is 9.84 Å². The summed E-state index contributed by atoms with van der Waals surface area (Å²) >= 11 is 0. The van der Waals surface area contributed by atoms with Gasteiger partial charge in [0.05, 0.1) is 4.90 Å². The maximum absolute atomic E-state index is 11.8. The maximum Gasteiger partial charge on any atom is 0.200 e. The summed E-state index contributed by atoms with van der Waals surface area (Å²) in [5, 5.41) is 1.16. The van der Waals surface area contributed by atoms with Crippen molar-refractivity contribution in [2.24, 2.45) is 0 Å². The number of benzene rings is 1. The monoisotopic (exact) mass is 262 g/mol. The lowest BCUT2D eigenvalue weighted by atomic mass is 10.2. The Labute approximate surface area is 110 Å². The molecule has 0 aliphatic carbocycles. The Kier molecular flexibility index (Phi) is 6.24. The molecule has 0 aromatic heterocycles. The normalized spacial score (nSPS) is 11.2. The topological polar surface area (TPSA) is 34.1 Å². The first-order valence-corrected chi connectivity index (χ1v) is 7.66. The van der Waals surface area contributed by atoms with Crippen LogP contribution in [0.15, 0.2) is 46.7 Å². The summed E-state index contributed by atoms with van der Waals surface area (Å²) in [6.45, 7) is 2.14. The number of rotatable bonds is 5. The number of hydrogen-bond donors (Lipinski definition) is 0. The third kappa shape index (κ3) is 5.20. The van der Waals surface area contributed by atoms with E-state index in [1.165, 1.54) is 18.9 Å². The van der Waals surface area contributed by atoms with Gasteiger partial charge in [-0.15, -0.1) is 0 Å².